The summed E-state index contributed by atoms with van der Waals surface area (Å²) in [5.74, 6) is 0.542. The van der Waals surface area contributed by atoms with E-state index in [0.717, 1.165) is 33.3 Å². The Morgan fingerprint density at radius 1 is 1.11 bits per heavy atom. The first-order valence-corrected chi connectivity index (χ1v) is 9.55. The molecular formula is C21H19N3O2S. The number of aromatic nitrogens is 2. The summed E-state index contributed by atoms with van der Waals surface area (Å²) in [4.78, 5) is 21.9. The fraction of sp³-hybridized carbons (Fsp3) is 0.190. The van der Waals surface area contributed by atoms with Crippen LogP contribution in [0.2, 0.25) is 0 Å². The van der Waals surface area contributed by atoms with Gasteiger partial charge >= 0.3 is 0 Å². The van der Waals surface area contributed by atoms with Crippen molar-refractivity contribution in [2.45, 2.75) is 20.3 Å². The van der Waals surface area contributed by atoms with Crippen LogP contribution in [0, 0.1) is 6.92 Å². The maximum atomic E-state index is 12.8. The normalized spacial score (nSPS) is 11.1. The Hall–Kier alpha value is -2.99. The standard InChI is InChI=1S/C21H19N3O2S/c1-4-13-5-8-17-19(9-13)27-21(23-17)24-20(25)16-10-14-6-7-15(26-3)11-18(14)22-12(16)2/h5-11H,4H2,1-3H3,(H,23,24,25). The van der Waals surface area contributed by atoms with E-state index < -0.39 is 0 Å². The minimum absolute atomic E-state index is 0.201. The van der Waals surface area contributed by atoms with Gasteiger partial charge in [0, 0.05) is 11.5 Å². The lowest BCUT2D eigenvalue weighted by Crippen LogP contribution is -2.14. The zero-order chi connectivity index (χ0) is 19.0. The molecular weight excluding hydrogens is 358 g/mol. The van der Waals surface area contributed by atoms with Gasteiger partial charge in [-0.25, -0.2) is 4.98 Å². The van der Waals surface area contributed by atoms with Gasteiger partial charge in [-0.15, -0.1) is 0 Å². The third-order valence-corrected chi connectivity index (χ3v) is 5.48. The summed E-state index contributed by atoms with van der Waals surface area (Å²) in [6.45, 7) is 3.95. The molecule has 0 bridgehead atoms. The highest BCUT2D eigenvalue weighted by molar-refractivity contribution is 7.22. The van der Waals surface area contributed by atoms with Crippen LogP contribution in [0.1, 0.15) is 28.5 Å². The van der Waals surface area contributed by atoms with Crippen LogP contribution in [-0.4, -0.2) is 23.0 Å². The second kappa shape index (κ2) is 6.96. The molecule has 1 N–H and O–H groups in total. The molecule has 0 radical (unpaired) electrons. The molecule has 0 fully saturated rings. The highest BCUT2D eigenvalue weighted by atomic mass is 32.1. The van der Waals surface area contributed by atoms with Gasteiger partial charge in [0.25, 0.3) is 5.91 Å². The molecule has 0 unspecified atom stereocenters. The molecule has 5 nitrogen and oxygen atoms in total. The number of thiazole rings is 1. The number of methoxy groups -OCH3 is 1. The van der Waals surface area contributed by atoms with Crippen LogP contribution in [0.4, 0.5) is 5.13 Å². The van der Waals surface area contributed by atoms with E-state index in [2.05, 4.69) is 34.3 Å². The largest absolute Gasteiger partial charge is 0.497 e. The Kier molecular flexibility index (Phi) is 4.49. The van der Waals surface area contributed by atoms with Gasteiger partial charge in [-0.3, -0.25) is 15.1 Å². The van der Waals surface area contributed by atoms with Crippen molar-refractivity contribution in [3.63, 3.8) is 0 Å². The maximum absolute atomic E-state index is 12.8. The summed E-state index contributed by atoms with van der Waals surface area (Å²) in [6.07, 6.45) is 0.974. The van der Waals surface area contributed by atoms with Crippen LogP contribution in [0.3, 0.4) is 0 Å². The molecule has 0 saturated heterocycles. The number of pyridine rings is 1. The second-order valence-electron chi connectivity index (χ2n) is 6.31. The van der Waals surface area contributed by atoms with E-state index in [4.69, 9.17) is 4.74 Å². The van der Waals surface area contributed by atoms with Gasteiger partial charge in [0.2, 0.25) is 0 Å². The van der Waals surface area contributed by atoms with Gasteiger partial charge in [-0.05, 0) is 49.2 Å². The number of rotatable bonds is 4. The number of amides is 1. The van der Waals surface area contributed by atoms with E-state index in [1.807, 2.05) is 37.3 Å². The SMILES string of the molecule is CCc1ccc2nc(NC(=O)c3cc4ccc(OC)cc4nc3C)sc2c1. The zero-order valence-corrected chi connectivity index (χ0v) is 16.2. The number of hydrogen-bond donors (Lipinski definition) is 1. The number of carbonyl (C=O) groups excluding carboxylic acids is 1. The summed E-state index contributed by atoms with van der Waals surface area (Å²) < 4.78 is 6.31. The molecule has 6 heteroatoms. The first-order chi connectivity index (χ1) is 13.1. The number of benzene rings is 2. The van der Waals surface area contributed by atoms with Gasteiger partial charge in [0.05, 0.1) is 34.1 Å². The predicted octanol–water partition coefficient (Wildman–Crippen LogP) is 4.98. The van der Waals surface area contributed by atoms with Gasteiger partial charge in [0.1, 0.15) is 5.75 Å². The first-order valence-electron chi connectivity index (χ1n) is 8.73. The van der Waals surface area contributed by atoms with Crippen LogP contribution < -0.4 is 10.1 Å². The van der Waals surface area contributed by atoms with Crippen molar-refractivity contribution < 1.29 is 9.53 Å². The van der Waals surface area contributed by atoms with Gasteiger partial charge < -0.3 is 4.74 Å². The molecule has 4 aromatic rings. The molecule has 0 aliphatic heterocycles. The monoisotopic (exact) mass is 377 g/mol. The molecule has 0 saturated carbocycles. The second-order valence-corrected chi connectivity index (χ2v) is 7.34. The number of nitrogens with one attached hydrogen (secondary N) is 1. The number of fused-ring (bicyclic) bond motifs is 2. The fourth-order valence-corrected chi connectivity index (χ4v) is 3.93. The summed E-state index contributed by atoms with van der Waals surface area (Å²) in [6, 6.07) is 13.7. The number of carbonyl (C=O) groups is 1. The average molecular weight is 377 g/mol. The van der Waals surface area contributed by atoms with E-state index in [1.165, 1.54) is 16.9 Å². The third kappa shape index (κ3) is 3.36. The third-order valence-electron chi connectivity index (χ3n) is 4.54. The van der Waals surface area contributed by atoms with E-state index in [1.54, 1.807) is 7.11 Å². The van der Waals surface area contributed by atoms with Crippen LogP contribution in [-0.2, 0) is 6.42 Å². The molecule has 1 amide bonds. The highest BCUT2D eigenvalue weighted by Crippen LogP contribution is 2.28. The quantitative estimate of drug-likeness (QED) is 0.545. The van der Waals surface area contributed by atoms with Gasteiger partial charge in [0.15, 0.2) is 5.13 Å². The van der Waals surface area contributed by atoms with Crippen molar-refractivity contribution in [3.05, 3.63) is 59.3 Å². The van der Waals surface area contributed by atoms with Crippen molar-refractivity contribution in [3.8, 4) is 5.75 Å². The molecule has 2 heterocycles. The molecule has 2 aromatic heterocycles. The zero-order valence-electron chi connectivity index (χ0n) is 15.4. The molecule has 0 aliphatic carbocycles. The van der Waals surface area contributed by atoms with Crippen molar-refractivity contribution in [1.82, 2.24) is 9.97 Å². The summed E-state index contributed by atoms with van der Waals surface area (Å²) in [7, 11) is 1.62. The Balaban J connectivity index is 1.65. The predicted molar refractivity (Wildman–Crippen MR) is 110 cm³/mol. The average Bonchev–Trinajstić information content (AvgIpc) is 3.07. The topological polar surface area (TPSA) is 64.1 Å². The number of ether oxygens (including phenoxy) is 1. The van der Waals surface area contributed by atoms with Crippen molar-refractivity contribution >= 4 is 43.5 Å². The van der Waals surface area contributed by atoms with Gasteiger partial charge in [-0.2, -0.15) is 0 Å². The highest BCUT2D eigenvalue weighted by Gasteiger charge is 2.14. The van der Waals surface area contributed by atoms with Crippen molar-refractivity contribution in [2.24, 2.45) is 0 Å². The van der Waals surface area contributed by atoms with Crippen LogP contribution in [0.25, 0.3) is 21.1 Å². The molecule has 136 valence electrons. The summed E-state index contributed by atoms with van der Waals surface area (Å²) in [5, 5.41) is 4.40. The number of aryl methyl sites for hydroxylation is 2. The lowest BCUT2D eigenvalue weighted by Gasteiger charge is -2.08. The molecule has 0 atom stereocenters. The number of anilines is 1. The Labute approximate surface area is 161 Å². The Bertz CT molecular complexity index is 1170. The van der Waals surface area contributed by atoms with E-state index in [0.29, 0.717) is 16.4 Å². The van der Waals surface area contributed by atoms with Crippen LogP contribution in [0.15, 0.2) is 42.5 Å². The number of hydrogen-bond acceptors (Lipinski definition) is 5. The summed E-state index contributed by atoms with van der Waals surface area (Å²) >= 11 is 1.48. The first kappa shape index (κ1) is 17.4. The van der Waals surface area contributed by atoms with E-state index in [-0.39, 0.29) is 5.91 Å². The van der Waals surface area contributed by atoms with Crippen LogP contribution >= 0.6 is 11.3 Å². The minimum Gasteiger partial charge on any atom is -0.497 e. The molecule has 0 aliphatic rings. The minimum atomic E-state index is -0.201. The molecule has 0 spiro atoms. The smallest absolute Gasteiger partial charge is 0.259 e. The Morgan fingerprint density at radius 2 is 1.96 bits per heavy atom. The summed E-state index contributed by atoms with van der Waals surface area (Å²) in [5.41, 5.74) is 4.17. The van der Waals surface area contributed by atoms with Crippen molar-refractivity contribution in [2.75, 3.05) is 12.4 Å². The van der Waals surface area contributed by atoms with Crippen LogP contribution in [0.5, 0.6) is 5.75 Å². The van der Waals surface area contributed by atoms with Crippen molar-refractivity contribution in [1.29, 1.82) is 0 Å². The van der Waals surface area contributed by atoms with E-state index in [9.17, 15) is 4.79 Å². The lowest BCUT2D eigenvalue weighted by molar-refractivity contribution is 0.102. The Morgan fingerprint density at radius 3 is 2.74 bits per heavy atom. The lowest BCUT2D eigenvalue weighted by atomic mass is 10.1. The van der Waals surface area contributed by atoms with Gasteiger partial charge in [-0.1, -0.05) is 24.3 Å². The fourth-order valence-electron chi connectivity index (χ4n) is 3.01. The molecule has 2 aromatic carbocycles. The molecule has 4 rings (SSSR count). The molecule has 27 heavy (non-hydrogen) atoms. The maximum Gasteiger partial charge on any atom is 0.259 e. The number of nitrogens with zero attached hydrogens (tertiary/aromatic N) is 2. The van der Waals surface area contributed by atoms with E-state index >= 15 is 0 Å².